The number of methoxy groups -OCH3 is 2. The highest BCUT2D eigenvalue weighted by Gasteiger charge is 2.19. The molecule has 2 heterocycles. The van der Waals surface area contributed by atoms with Gasteiger partial charge in [-0.1, -0.05) is 30.3 Å². The molecule has 0 saturated carbocycles. The summed E-state index contributed by atoms with van der Waals surface area (Å²) in [5, 5.41) is 2.66. The van der Waals surface area contributed by atoms with Crippen LogP contribution in [-0.2, 0) is 6.42 Å². The molecule has 5 aromatic rings. The number of benzene rings is 4. The number of ketones is 1. The molecule has 0 N–H and O–H groups in total. The Balaban J connectivity index is 1.18. The summed E-state index contributed by atoms with van der Waals surface area (Å²) in [7, 11) is 3.21. The monoisotopic (exact) mass is 575 g/mol. The third kappa shape index (κ3) is 5.99. The van der Waals surface area contributed by atoms with Gasteiger partial charge in [0, 0.05) is 67.5 Å². The van der Waals surface area contributed by atoms with Gasteiger partial charge in [-0.3, -0.25) is 14.7 Å². The Morgan fingerprint density at radius 3 is 2.28 bits per heavy atom. The van der Waals surface area contributed by atoms with Gasteiger partial charge in [0.2, 0.25) is 0 Å². The molecule has 0 bridgehead atoms. The Bertz CT molecular complexity index is 1760. The van der Waals surface area contributed by atoms with Gasteiger partial charge >= 0.3 is 0 Å². The second-order valence-electron chi connectivity index (χ2n) is 11.2. The van der Waals surface area contributed by atoms with Gasteiger partial charge in [0.1, 0.15) is 11.5 Å². The van der Waals surface area contributed by atoms with Crippen LogP contribution in [0, 0.1) is 0 Å². The topological polar surface area (TPSA) is 64.1 Å². The SMILES string of the molecule is COc1cc2nccc(Oc3ccc4c(C(=O)Cc5ccc(N6CCN(C(C)C)CC6)cc5)cccc4c3)c2cc1OC. The van der Waals surface area contributed by atoms with Crippen molar-refractivity contribution in [2.24, 2.45) is 0 Å². The van der Waals surface area contributed by atoms with Gasteiger partial charge < -0.3 is 19.1 Å². The van der Waals surface area contributed by atoms with Crippen molar-refractivity contribution in [3.05, 3.63) is 96.2 Å². The number of ether oxygens (including phenoxy) is 3. The third-order valence-corrected chi connectivity index (χ3v) is 8.30. The van der Waals surface area contributed by atoms with Gasteiger partial charge in [-0.15, -0.1) is 0 Å². The molecule has 220 valence electrons. The number of hydrogen-bond acceptors (Lipinski definition) is 7. The van der Waals surface area contributed by atoms with Crippen molar-refractivity contribution in [3.63, 3.8) is 0 Å². The first-order valence-electron chi connectivity index (χ1n) is 14.8. The lowest BCUT2D eigenvalue weighted by atomic mass is 9.97. The predicted octanol–water partition coefficient (Wildman–Crippen LogP) is 7.15. The molecule has 1 saturated heterocycles. The lowest BCUT2D eigenvalue weighted by molar-refractivity contribution is 0.0994. The number of hydrogen-bond donors (Lipinski definition) is 0. The van der Waals surface area contributed by atoms with Crippen LogP contribution in [0.5, 0.6) is 23.0 Å². The first-order chi connectivity index (χ1) is 20.9. The van der Waals surface area contributed by atoms with E-state index < -0.39 is 0 Å². The third-order valence-electron chi connectivity index (χ3n) is 8.30. The number of Topliss-reactive ketones (excluding diaryl/α,β-unsaturated/α-hetero) is 1. The van der Waals surface area contributed by atoms with Gasteiger partial charge in [0.25, 0.3) is 0 Å². The van der Waals surface area contributed by atoms with Crippen LogP contribution in [-0.4, -0.2) is 62.1 Å². The predicted molar refractivity (Wildman–Crippen MR) is 172 cm³/mol. The normalized spacial score (nSPS) is 13.9. The Hall–Kier alpha value is -4.62. The average Bonchev–Trinajstić information content (AvgIpc) is 3.04. The zero-order chi connectivity index (χ0) is 29.9. The van der Waals surface area contributed by atoms with Crippen molar-refractivity contribution in [3.8, 4) is 23.0 Å². The molecule has 1 aliphatic rings. The summed E-state index contributed by atoms with van der Waals surface area (Å²) in [4.78, 5) is 22.9. The molecule has 0 aliphatic carbocycles. The maximum Gasteiger partial charge on any atom is 0.167 e. The quantitative estimate of drug-likeness (QED) is 0.173. The van der Waals surface area contributed by atoms with E-state index in [0.29, 0.717) is 41.0 Å². The van der Waals surface area contributed by atoms with Crippen LogP contribution in [0.2, 0.25) is 0 Å². The lowest BCUT2D eigenvalue weighted by Gasteiger charge is -2.38. The van der Waals surface area contributed by atoms with E-state index in [1.807, 2.05) is 54.6 Å². The molecule has 0 unspecified atom stereocenters. The first kappa shape index (κ1) is 28.5. The number of piperazine rings is 1. The van der Waals surface area contributed by atoms with E-state index in [9.17, 15) is 4.79 Å². The Morgan fingerprint density at radius 2 is 1.56 bits per heavy atom. The van der Waals surface area contributed by atoms with Crippen molar-refractivity contribution in [2.75, 3.05) is 45.3 Å². The average molecular weight is 576 g/mol. The summed E-state index contributed by atoms with van der Waals surface area (Å²) in [5.74, 6) is 2.64. The summed E-state index contributed by atoms with van der Waals surface area (Å²) in [6.07, 6.45) is 2.06. The van der Waals surface area contributed by atoms with Crippen LogP contribution < -0.4 is 19.1 Å². The molecule has 0 amide bonds. The summed E-state index contributed by atoms with van der Waals surface area (Å²) in [6.45, 7) is 8.72. The zero-order valence-electron chi connectivity index (χ0n) is 25.2. The van der Waals surface area contributed by atoms with E-state index >= 15 is 0 Å². The van der Waals surface area contributed by atoms with Crippen LogP contribution in [0.15, 0.2) is 85.1 Å². The van der Waals surface area contributed by atoms with E-state index in [1.54, 1.807) is 20.4 Å². The van der Waals surface area contributed by atoms with E-state index in [4.69, 9.17) is 14.2 Å². The molecule has 1 aliphatic heterocycles. The van der Waals surface area contributed by atoms with Crippen molar-refractivity contribution < 1.29 is 19.0 Å². The minimum atomic E-state index is 0.0961. The maximum absolute atomic E-state index is 13.5. The largest absolute Gasteiger partial charge is 0.493 e. The molecule has 4 aromatic carbocycles. The smallest absolute Gasteiger partial charge is 0.167 e. The zero-order valence-corrected chi connectivity index (χ0v) is 25.2. The fourth-order valence-corrected chi connectivity index (χ4v) is 5.83. The first-order valence-corrected chi connectivity index (χ1v) is 14.8. The number of fused-ring (bicyclic) bond motifs is 2. The van der Waals surface area contributed by atoms with Gasteiger partial charge in [-0.2, -0.15) is 0 Å². The van der Waals surface area contributed by atoms with Gasteiger partial charge in [0.05, 0.1) is 19.7 Å². The Labute approximate surface area is 252 Å². The van der Waals surface area contributed by atoms with Crippen molar-refractivity contribution in [1.29, 1.82) is 0 Å². The van der Waals surface area contributed by atoms with E-state index in [-0.39, 0.29) is 5.78 Å². The second-order valence-corrected chi connectivity index (χ2v) is 11.2. The molecule has 6 rings (SSSR count). The van der Waals surface area contributed by atoms with E-state index in [0.717, 1.165) is 53.4 Å². The molecular weight excluding hydrogens is 538 g/mol. The minimum absolute atomic E-state index is 0.0961. The van der Waals surface area contributed by atoms with Crippen LogP contribution in [0.25, 0.3) is 21.7 Å². The van der Waals surface area contributed by atoms with Crippen molar-refractivity contribution in [1.82, 2.24) is 9.88 Å². The van der Waals surface area contributed by atoms with Gasteiger partial charge in [-0.05, 0) is 72.6 Å². The number of nitrogens with zero attached hydrogens (tertiary/aromatic N) is 3. The fourth-order valence-electron chi connectivity index (χ4n) is 5.83. The molecular formula is C36H37N3O4. The number of anilines is 1. The highest BCUT2D eigenvalue weighted by Crippen LogP contribution is 2.37. The molecule has 7 nitrogen and oxygen atoms in total. The molecule has 1 fully saturated rings. The molecule has 0 atom stereocenters. The minimum Gasteiger partial charge on any atom is -0.493 e. The summed E-state index contributed by atoms with van der Waals surface area (Å²) < 4.78 is 17.2. The second kappa shape index (κ2) is 12.3. The highest BCUT2D eigenvalue weighted by atomic mass is 16.5. The maximum atomic E-state index is 13.5. The number of aromatic nitrogens is 1. The summed E-state index contributed by atoms with van der Waals surface area (Å²) in [5.41, 5.74) is 3.69. The van der Waals surface area contributed by atoms with Crippen LogP contribution >= 0.6 is 0 Å². The molecule has 1 aromatic heterocycles. The Kier molecular flexibility index (Phi) is 8.16. The van der Waals surface area contributed by atoms with Crippen molar-refractivity contribution >= 4 is 33.1 Å². The molecule has 0 radical (unpaired) electrons. The number of rotatable bonds is 9. The van der Waals surface area contributed by atoms with E-state index in [2.05, 4.69) is 52.9 Å². The van der Waals surface area contributed by atoms with Gasteiger partial charge in [-0.25, -0.2) is 0 Å². The fraction of sp³-hybridized carbons (Fsp3) is 0.278. The molecule has 43 heavy (non-hydrogen) atoms. The Morgan fingerprint density at radius 1 is 0.814 bits per heavy atom. The van der Waals surface area contributed by atoms with Crippen LogP contribution in [0.1, 0.15) is 29.8 Å². The van der Waals surface area contributed by atoms with Crippen LogP contribution in [0.4, 0.5) is 5.69 Å². The summed E-state index contributed by atoms with van der Waals surface area (Å²) >= 11 is 0. The van der Waals surface area contributed by atoms with E-state index in [1.165, 1.54) is 5.69 Å². The van der Waals surface area contributed by atoms with Gasteiger partial charge in [0.15, 0.2) is 17.3 Å². The summed E-state index contributed by atoms with van der Waals surface area (Å²) in [6, 6.07) is 26.3. The number of carbonyl (C=O) groups is 1. The lowest BCUT2D eigenvalue weighted by Crippen LogP contribution is -2.48. The highest BCUT2D eigenvalue weighted by molar-refractivity contribution is 6.09. The number of carbonyl (C=O) groups excluding carboxylic acids is 1. The number of pyridine rings is 1. The molecule has 0 spiro atoms. The van der Waals surface area contributed by atoms with Crippen LogP contribution in [0.3, 0.4) is 0 Å². The standard InChI is InChI=1S/C36H37N3O4/c1-24(2)38-16-18-39(19-17-38)27-10-8-25(9-11-27)20-33(40)30-7-5-6-26-21-28(12-13-29(26)30)43-34-14-15-37-32-23-36(42-4)35(41-3)22-31(32)34/h5-15,21-24H,16-20H2,1-4H3. The van der Waals surface area contributed by atoms with Crippen molar-refractivity contribution in [2.45, 2.75) is 26.3 Å². The molecule has 7 heteroatoms.